The molecule has 1 amide bonds. The van der Waals surface area contributed by atoms with Crippen molar-refractivity contribution in [2.24, 2.45) is 5.73 Å². The first-order valence-corrected chi connectivity index (χ1v) is 7.87. The molecule has 116 valence electrons. The molecule has 3 N–H and O–H groups in total. The number of rotatable bonds is 8. The summed E-state index contributed by atoms with van der Waals surface area (Å²) < 4.78 is 6.66. The molecule has 0 aromatic heterocycles. The van der Waals surface area contributed by atoms with Crippen molar-refractivity contribution >= 4 is 21.8 Å². The molecule has 0 saturated heterocycles. The van der Waals surface area contributed by atoms with Crippen LogP contribution < -0.4 is 15.8 Å². The van der Waals surface area contributed by atoms with E-state index in [4.69, 9.17) is 10.5 Å². The van der Waals surface area contributed by atoms with Crippen molar-refractivity contribution in [1.82, 2.24) is 5.32 Å². The van der Waals surface area contributed by atoms with Gasteiger partial charge in [-0.2, -0.15) is 0 Å². The first kappa shape index (κ1) is 17.7. The monoisotopic (exact) mass is 354 g/mol. The molecule has 2 unspecified atom stereocenters. The van der Waals surface area contributed by atoms with E-state index in [1.807, 2.05) is 18.2 Å². The van der Waals surface area contributed by atoms with Gasteiger partial charge in [0, 0.05) is 12.6 Å². The first-order valence-electron chi connectivity index (χ1n) is 7.07. The van der Waals surface area contributed by atoms with Crippen molar-refractivity contribution in [2.75, 3.05) is 6.54 Å². The molecular weight excluding hydrogens is 332 g/mol. The van der Waals surface area contributed by atoms with Crippen LogP contribution in [-0.4, -0.2) is 24.6 Å². The lowest BCUT2D eigenvalue weighted by Crippen LogP contribution is -2.36. The van der Waals surface area contributed by atoms with E-state index in [0.717, 1.165) is 16.5 Å². The Morgan fingerprint density at radius 2 is 2.29 bits per heavy atom. The lowest BCUT2D eigenvalue weighted by Gasteiger charge is -2.19. The molecule has 4 nitrogen and oxygen atoms in total. The highest BCUT2D eigenvalue weighted by atomic mass is 79.9. The third-order valence-corrected chi connectivity index (χ3v) is 3.76. The average molecular weight is 355 g/mol. The second-order valence-corrected chi connectivity index (χ2v) is 5.75. The van der Waals surface area contributed by atoms with E-state index in [-0.39, 0.29) is 11.9 Å². The molecule has 0 fully saturated rings. The van der Waals surface area contributed by atoms with Crippen LogP contribution in [0.5, 0.6) is 5.75 Å². The zero-order valence-corrected chi connectivity index (χ0v) is 14.2. The number of hydrogen-bond donors (Lipinski definition) is 2. The van der Waals surface area contributed by atoms with E-state index in [2.05, 4.69) is 34.7 Å². The van der Waals surface area contributed by atoms with E-state index in [1.165, 1.54) is 0 Å². The predicted octanol–water partition coefficient (Wildman–Crippen LogP) is 2.80. The summed E-state index contributed by atoms with van der Waals surface area (Å²) in [6.07, 6.45) is 2.66. The van der Waals surface area contributed by atoms with Crippen LogP contribution in [0.25, 0.3) is 0 Å². The summed E-state index contributed by atoms with van der Waals surface area (Å²) >= 11 is 3.48. The van der Waals surface area contributed by atoms with Gasteiger partial charge in [-0.1, -0.05) is 25.1 Å². The number of amides is 1. The molecule has 5 heteroatoms. The molecule has 0 radical (unpaired) electrons. The molecule has 0 heterocycles. The van der Waals surface area contributed by atoms with Gasteiger partial charge in [-0.15, -0.1) is 6.58 Å². The van der Waals surface area contributed by atoms with Crippen molar-refractivity contribution in [3.05, 3.63) is 40.9 Å². The minimum absolute atomic E-state index is 0.0755. The van der Waals surface area contributed by atoms with Gasteiger partial charge < -0.3 is 15.8 Å². The standard InChI is InChI=1S/C16H23BrN2O2/c1-4-9-19-16(20)11(3)21-15-12(10-13(18)5-2)7-6-8-14(15)17/h4,6-8,11,13H,1,5,9-10,18H2,2-3H3,(H,19,20). The van der Waals surface area contributed by atoms with Gasteiger partial charge >= 0.3 is 0 Å². The Balaban J connectivity index is 2.85. The number of nitrogens with two attached hydrogens (primary N) is 1. The number of carbonyl (C=O) groups excluding carboxylic acids is 1. The van der Waals surface area contributed by atoms with E-state index < -0.39 is 6.10 Å². The summed E-state index contributed by atoms with van der Waals surface area (Å²) in [4.78, 5) is 11.9. The quantitative estimate of drug-likeness (QED) is 0.705. The molecule has 1 aromatic rings. The topological polar surface area (TPSA) is 64.3 Å². The zero-order valence-electron chi connectivity index (χ0n) is 12.6. The largest absolute Gasteiger partial charge is 0.479 e. The number of halogens is 1. The van der Waals surface area contributed by atoms with Crippen molar-refractivity contribution < 1.29 is 9.53 Å². The smallest absolute Gasteiger partial charge is 0.261 e. The normalized spacial score (nSPS) is 13.3. The SMILES string of the molecule is C=CCNC(=O)C(C)Oc1c(Br)cccc1CC(N)CC. The van der Waals surface area contributed by atoms with Gasteiger partial charge in [0.25, 0.3) is 5.91 Å². The van der Waals surface area contributed by atoms with Crippen molar-refractivity contribution in [3.63, 3.8) is 0 Å². The zero-order chi connectivity index (χ0) is 15.8. The Morgan fingerprint density at radius 1 is 1.57 bits per heavy atom. The molecule has 2 atom stereocenters. The van der Waals surface area contributed by atoms with Crippen LogP contribution in [0.15, 0.2) is 35.3 Å². The van der Waals surface area contributed by atoms with Gasteiger partial charge in [0.15, 0.2) is 6.10 Å². The average Bonchev–Trinajstić information content (AvgIpc) is 2.47. The number of benzene rings is 1. The lowest BCUT2D eigenvalue weighted by molar-refractivity contribution is -0.127. The second-order valence-electron chi connectivity index (χ2n) is 4.89. The predicted molar refractivity (Wildman–Crippen MR) is 89.4 cm³/mol. The Morgan fingerprint density at radius 3 is 2.90 bits per heavy atom. The van der Waals surface area contributed by atoms with Gasteiger partial charge in [0.2, 0.25) is 0 Å². The molecule has 1 rings (SSSR count). The summed E-state index contributed by atoms with van der Waals surface area (Å²) in [5.74, 6) is 0.513. The molecule has 0 spiro atoms. The molecule has 0 saturated carbocycles. The van der Waals surface area contributed by atoms with Gasteiger partial charge in [0.1, 0.15) is 5.75 Å². The van der Waals surface area contributed by atoms with Crippen molar-refractivity contribution in [1.29, 1.82) is 0 Å². The van der Waals surface area contributed by atoms with Crippen molar-refractivity contribution in [2.45, 2.75) is 38.8 Å². The minimum Gasteiger partial charge on any atom is -0.479 e. The summed E-state index contributed by atoms with van der Waals surface area (Å²) in [6, 6.07) is 5.89. The fourth-order valence-corrected chi connectivity index (χ4v) is 2.32. The Bertz CT molecular complexity index is 491. The van der Waals surface area contributed by atoms with Gasteiger partial charge in [-0.25, -0.2) is 0 Å². The fraction of sp³-hybridized carbons (Fsp3) is 0.438. The summed E-state index contributed by atoms with van der Waals surface area (Å²) in [5, 5.41) is 2.72. The molecule has 0 bridgehead atoms. The highest BCUT2D eigenvalue weighted by molar-refractivity contribution is 9.10. The number of carbonyl (C=O) groups is 1. The third-order valence-electron chi connectivity index (χ3n) is 3.14. The number of para-hydroxylation sites is 1. The van der Waals surface area contributed by atoms with E-state index in [0.29, 0.717) is 18.7 Å². The lowest BCUT2D eigenvalue weighted by atomic mass is 10.0. The molecular formula is C16H23BrN2O2. The van der Waals surface area contributed by atoms with Crippen LogP contribution in [0.3, 0.4) is 0 Å². The maximum Gasteiger partial charge on any atom is 0.261 e. The highest BCUT2D eigenvalue weighted by Crippen LogP contribution is 2.31. The molecule has 0 aliphatic rings. The Labute approximate surface area is 134 Å². The van der Waals surface area contributed by atoms with Crippen LogP contribution in [0.4, 0.5) is 0 Å². The first-order chi connectivity index (χ1) is 9.99. The molecule has 21 heavy (non-hydrogen) atoms. The maximum absolute atomic E-state index is 11.9. The maximum atomic E-state index is 11.9. The van der Waals surface area contributed by atoms with Crippen LogP contribution in [-0.2, 0) is 11.2 Å². The van der Waals surface area contributed by atoms with Gasteiger partial charge in [-0.05, 0) is 47.3 Å². The van der Waals surface area contributed by atoms with Gasteiger partial charge in [-0.3, -0.25) is 4.79 Å². The van der Waals surface area contributed by atoms with Crippen LogP contribution in [0.2, 0.25) is 0 Å². The molecule has 0 aliphatic carbocycles. The number of nitrogens with one attached hydrogen (secondary N) is 1. The van der Waals surface area contributed by atoms with Crippen molar-refractivity contribution in [3.8, 4) is 5.75 Å². The minimum atomic E-state index is -0.583. The summed E-state index contributed by atoms with van der Waals surface area (Å²) in [5.41, 5.74) is 7.02. The highest BCUT2D eigenvalue weighted by Gasteiger charge is 2.18. The van der Waals surface area contributed by atoms with Crippen LogP contribution in [0.1, 0.15) is 25.8 Å². The summed E-state index contributed by atoms with van der Waals surface area (Å²) in [7, 11) is 0. The second kappa shape index (κ2) is 8.85. The Kier molecular flexibility index (Phi) is 7.47. The van der Waals surface area contributed by atoms with E-state index in [1.54, 1.807) is 13.0 Å². The van der Waals surface area contributed by atoms with Gasteiger partial charge in [0.05, 0.1) is 4.47 Å². The molecule has 1 aromatic carbocycles. The number of hydrogen-bond acceptors (Lipinski definition) is 3. The molecule has 0 aliphatic heterocycles. The van der Waals surface area contributed by atoms with E-state index in [9.17, 15) is 4.79 Å². The van der Waals surface area contributed by atoms with E-state index >= 15 is 0 Å². The fourth-order valence-electron chi connectivity index (χ4n) is 1.82. The Hall–Kier alpha value is -1.33. The van der Waals surface area contributed by atoms with Crippen LogP contribution in [0, 0.1) is 0 Å². The van der Waals surface area contributed by atoms with Crippen LogP contribution >= 0.6 is 15.9 Å². The number of ether oxygens (including phenoxy) is 1. The third kappa shape index (κ3) is 5.52. The summed E-state index contributed by atoms with van der Waals surface area (Å²) in [6.45, 7) is 7.77.